The van der Waals surface area contributed by atoms with Crippen LogP contribution in [0.5, 0.6) is 0 Å². The molecule has 0 saturated heterocycles. The monoisotopic (exact) mass is 313 g/mol. The van der Waals surface area contributed by atoms with E-state index in [-0.39, 0.29) is 6.61 Å². The van der Waals surface area contributed by atoms with E-state index in [4.69, 9.17) is 14.6 Å². The fourth-order valence-corrected chi connectivity index (χ4v) is 2.11. The minimum Gasteiger partial charge on any atom is -0.394 e. The Kier molecular flexibility index (Phi) is 8.05. The number of benzene rings is 1. The van der Waals surface area contributed by atoms with Crippen LogP contribution in [0.4, 0.5) is 0 Å². The molecule has 0 spiro atoms. The van der Waals surface area contributed by atoms with Gasteiger partial charge < -0.3 is 14.6 Å². The quantitative estimate of drug-likeness (QED) is 0.685. The summed E-state index contributed by atoms with van der Waals surface area (Å²) in [6.07, 6.45) is 8.62. The summed E-state index contributed by atoms with van der Waals surface area (Å²) >= 11 is 0. The van der Waals surface area contributed by atoms with Crippen molar-refractivity contribution in [3.05, 3.63) is 71.6 Å². The van der Waals surface area contributed by atoms with Crippen molar-refractivity contribution < 1.29 is 14.6 Å². The molecule has 0 amide bonds. The Bertz CT molecular complexity index is 567. The minimum atomic E-state index is 0.0523. The van der Waals surface area contributed by atoms with Crippen molar-refractivity contribution in [3.8, 4) is 0 Å². The first-order valence-electron chi connectivity index (χ1n) is 7.79. The largest absolute Gasteiger partial charge is 0.394 e. The Morgan fingerprint density at radius 3 is 2.52 bits per heavy atom. The first-order valence-corrected chi connectivity index (χ1v) is 7.79. The Morgan fingerprint density at radius 1 is 0.957 bits per heavy atom. The molecular weight excluding hydrogens is 290 g/mol. The predicted octanol–water partition coefficient (Wildman–Crippen LogP) is 2.71. The predicted molar refractivity (Wildman–Crippen MR) is 91.2 cm³/mol. The van der Waals surface area contributed by atoms with Gasteiger partial charge in [-0.3, -0.25) is 4.98 Å². The molecule has 122 valence electrons. The van der Waals surface area contributed by atoms with Crippen molar-refractivity contribution in [2.45, 2.75) is 6.42 Å². The summed E-state index contributed by atoms with van der Waals surface area (Å²) in [4.78, 5) is 4.13. The molecule has 4 nitrogen and oxygen atoms in total. The molecule has 0 aliphatic heterocycles. The zero-order valence-corrected chi connectivity index (χ0v) is 13.2. The molecule has 23 heavy (non-hydrogen) atoms. The smallest absolute Gasteiger partial charge is 0.0704 e. The van der Waals surface area contributed by atoms with Gasteiger partial charge in [0, 0.05) is 12.4 Å². The fourth-order valence-electron chi connectivity index (χ4n) is 2.11. The summed E-state index contributed by atoms with van der Waals surface area (Å²) in [5, 5.41) is 8.56. The van der Waals surface area contributed by atoms with E-state index in [0.717, 1.165) is 12.0 Å². The Balaban J connectivity index is 1.69. The maximum atomic E-state index is 8.56. The minimum absolute atomic E-state index is 0.0523. The second-order valence-corrected chi connectivity index (χ2v) is 5.09. The Hall–Kier alpha value is -2.01. The lowest BCUT2D eigenvalue weighted by molar-refractivity contribution is 0.0412. The topological polar surface area (TPSA) is 51.6 Å². The lowest BCUT2D eigenvalue weighted by atomic mass is 10.0. The van der Waals surface area contributed by atoms with Gasteiger partial charge in [0.2, 0.25) is 0 Å². The van der Waals surface area contributed by atoms with Gasteiger partial charge in [-0.05, 0) is 29.2 Å². The van der Waals surface area contributed by atoms with Crippen molar-refractivity contribution in [1.29, 1.82) is 0 Å². The van der Waals surface area contributed by atoms with Gasteiger partial charge in [-0.2, -0.15) is 0 Å². The van der Waals surface area contributed by atoms with E-state index in [1.165, 1.54) is 11.1 Å². The van der Waals surface area contributed by atoms with Crippen LogP contribution in [0.3, 0.4) is 0 Å². The van der Waals surface area contributed by atoms with Crippen molar-refractivity contribution in [2.75, 3.05) is 33.0 Å². The second kappa shape index (κ2) is 10.7. The Labute approximate surface area is 137 Å². The molecule has 2 rings (SSSR count). The summed E-state index contributed by atoms with van der Waals surface area (Å²) in [7, 11) is 0. The normalized spacial score (nSPS) is 11.2. The van der Waals surface area contributed by atoms with Crippen LogP contribution in [0.25, 0.3) is 6.08 Å². The maximum absolute atomic E-state index is 8.56. The van der Waals surface area contributed by atoms with E-state index in [1.807, 2.05) is 24.4 Å². The summed E-state index contributed by atoms with van der Waals surface area (Å²) in [6.45, 7) is 2.02. The van der Waals surface area contributed by atoms with Crippen LogP contribution in [-0.4, -0.2) is 43.1 Å². The van der Waals surface area contributed by atoms with E-state index >= 15 is 0 Å². The number of aliphatic hydroxyl groups is 1. The molecule has 1 aromatic carbocycles. The molecule has 1 N–H and O–H groups in total. The molecule has 0 unspecified atom stereocenters. The zero-order chi connectivity index (χ0) is 16.2. The third kappa shape index (κ3) is 7.19. The van der Waals surface area contributed by atoms with Crippen LogP contribution in [-0.2, 0) is 15.9 Å². The molecule has 2 aromatic rings. The van der Waals surface area contributed by atoms with Gasteiger partial charge in [0.15, 0.2) is 0 Å². The molecule has 0 radical (unpaired) electrons. The molecule has 0 fully saturated rings. The number of hydrogen-bond acceptors (Lipinski definition) is 4. The number of nitrogens with zero attached hydrogens (tertiary/aromatic N) is 1. The third-order valence-corrected chi connectivity index (χ3v) is 3.24. The number of hydrogen-bond donors (Lipinski definition) is 1. The summed E-state index contributed by atoms with van der Waals surface area (Å²) in [6, 6.07) is 12.5. The van der Waals surface area contributed by atoms with E-state index < -0.39 is 0 Å². The molecular formula is C19H23NO3. The summed E-state index contributed by atoms with van der Waals surface area (Å²) in [5.74, 6) is 0. The van der Waals surface area contributed by atoms with Crippen LogP contribution >= 0.6 is 0 Å². The average Bonchev–Trinajstić information content (AvgIpc) is 2.60. The van der Waals surface area contributed by atoms with Gasteiger partial charge in [0.05, 0.1) is 33.0 Å². The van der Waals surface area contributed by atoms with Crippen LogP contribution in [0.1, 0.15) is 16.7 Å². The van der Waals surface area contributed by atoms with Crippen LogP contribution in [0.15, 0.2) is 54.9 Å². The number of pyridine rings is 1. The molecule has 0 atom stereocenters. The number of ether oxygens (including phenoxy) is 2. The van der Waals surface area contributed by atoms with Crippen LogP contribution < -0.4 is 0 Å². The zero-order valence-electron chi connectivity index (χ0n) is 13.2. The van der Waals surface area contributed by atoms with Crippen molar-refractivity contribution in [3.63, 3.8) is 0 Å². The van der Waals surface area contributed by atoms with Crippen molar-refractivity contribution in [2.24, 2.45) is 0 Å². The van der Waals surface area contributed by atoms with Crippen molar-refractivity contribution >= 4 is 6.08 Å². The van der Waals surface area contributed by atoms with E-state index in [9.17, 15) is 0 Å². The highest BCUT2D eigenvalue weighted by Crippen LogP contribution is 2.11. The standard InChI is InChI=1S/C19H23NO3/c21-10-12-23-14-13-22-11-2-4-17-5-7-18(8-6-17)15-19-3-1-9-20-16-19/h1-9,16,21H,10-15H2/b4-2+. The lowest BCUT2D eigenvalue weighted by Gasteiger charge is -2.03. The first-order chi connectivity index (χ1) is 11.4. The number of rotatable bonds is 10. The third-order valence-electron chi connectivity index (χ3n) is 3.24. The highest BCUT2D eigenvalue weighted by Gasteiger charge is 1.96. The molecule has 0 bridgehead atoms. The van der Waals surface area contributed by atoms with Crippen molar-refractivity contribution in [1.82, 2.24) is 4.98 Å². The maximum Gasteiger partial charge on any atom is 0.0704 e. The van der Waals surface area contributed by atoms with Gasteiger partial charge in [0.25, 0.3) is 0 Å². The van der Waals surface area contributed by atoms with E-state index in [0.29, 0.717) is 26.4 Å². The van der Waals surface area contributed by atoms with Crippen LogP contribution in [0, 0.1) is 0 Å². The molecule has 1 aromatic heterocycles. The fraction of sp³-hybridized carbons (Fsp3) is 0.316. The lowest BCUT2D eigenvalue weighted by Crippen LogP contribution is -2.07. The van der Waals surface area contributed by atoms with E-state index in [1.54, 1.807) is 6.20 Å². The SMILES string of the molecule is OCCOCCOC/C=C/c1ccc(Cc2cccnc2)cc1. The number of aliphatic hydroxyl groups excluding tert-OH is 1. The second-order valence-electron chi connectivity index (χ2n) is 5.09. The highest BCUT2D eigenvalue weighted by molar-refractivity contribution is 5.50. The molecule has 4 heteroatoms. The molecule has 0 saturated carbocycles. The van der Waals surface area contributed by atoms with Gasteiger partial charge in [-0.25, -0.2) is 0 Å². The molecule has 0 aliphatic carbocycles. The van der Waals surface area contributed by atoms with Gasteiger partial charge in [0.1, 0.15) is 0 Å². The van der Waals surface area contributed by atoms with Gasteiger partial charge >= 0.3 is 0 Å². The van der Waals surface area contributed by atoms with E-state index in [2.05, 4.69) is 35.3 Å². The van der Waals surface area contributed by atoms with Crippen LogP contribution in [0.2, 0.25) is 0 Å². The summed E-state index contributed by atoms with van der Waals surface area (Å²) < 4.78 is 10.5. The number of aromatic nitrogens is 1. The average molecular weight is 313 g/mol. The van der Waals surface area contributed by atoms with Gasteiger partial charge in [-0.15, -0.1) is 0 Å². The molecule has 0 aliphatic rings. The molecule has 1 heterocycles. The summed E-state index contributed by atoms with van der Waals surface area (Å²) in [5.41, 5.74) is 3.64. The first kappa shape index (κ1) is 17.3. The highest BCUT2D eigenvalue weighted by atomic mass is 16.5. The van der Waals surface area contributed by atoms with Gasteiger partial charge in [-0.1, -0.05) is 42.5 Å². The Morgan fingerprint density at radius 2 is 1.78 bits per heavy atom.